The van der Waals surface area contributed by atoms with E-state index in [9.17, 15) is 4.79 Å². The molecule has 0 saturated carbocycles. The quantitative estimate of drug-likeness (QED) is 0.332. The first kappa shape index (κ1) is 22.2. The summed E-state index contributed by atoms with van der Waals surface area (Å²) in [6.45, 7) is 3.66. The van der Waals surface area contributed by atoms with E-state index >= 15 is 0 Å². The van der Waals surface area contributed by atoms with Crippen molar-refractivity contribution in [2.45, 2.75) is 20.0 Å². The molecule has 3 N–H and O–H groups in total. The van der Waals surface area contributed by atoms with E-state index < -0.39 is 0 Å². The number of rotatable bonds is 6. The molecule has 0 bridgehead atoms. The predicted octanol–water partition coefficient (Wildman–Crippen LogP) is 3.57. The van der Waals surface area contributed by atoms with Gasteiger partial charge < -0.3 is 16.0 Å². The largest absolute Gasteiger partial charge is 0.352 e. The number of aliphatic imine (C=N–C) groups is 1. The van der Waals surface area contributed by atoms with Gasteiger partial charge in [0.1, 0.15) is 0 Å². The molecule has 5 nitrogen and oxygen atoms in total. The summed E-state index contributed by atoms with van der Waals surface area (Å²) in [6, 6.07) is 15.2. The Kier molecular flexibility index (Phi) is 10.0. The second kappa shape index (κ2) is 11.7. The maximum atomic E-state index is 11.9. The minimum Gasteiger partial charge on any atom is -0.352 e. The predicted molar refractivity (Wildman–Crippen MR) is 118 cm³/mol. The highest BCUT2D eigenvalue weighted by Crippen LogP contribution is 2.14. The first-order valence-corrected chi connectivity index (χ1v) is 8.57. The Labute approximate surface area is 176 Å². The van der Waals surface area contributed by atoms with E-state index in [1.54, 1.807) is 13.1 Å². The van der Waals surface area contributed by atoms with E-state index in [1.165, 1.54) is 0 Å². The third-order valence-corrected chi connectivity index (χ3v) is 3.98. The van der Waals surface area contributed by atoms with Crippen LogP contribution in [0.1, 0.15) is 28.4 Å². The molecule has 2 aromatic carbocycles. The van der Waals surface area contributed by atoms with E-state index in [0.29, 0.717) is 31.2 Å². The molecule has 0 unspecified atom stereocenters. The highest BCUT2D eigenvalue weighted by molar-refractivity contribution is 14.0. The molecule has 0 radical (unpaired) electrons. The molecule has 140 valence electrons. The summed E-state index contributed by atoms with van der Waals surface area (Å²) in [6.07, 6.45) is 0. The third-order valence-electron chi connectivity index (χ3n) is 3.61. The van der Waals surface area contributed by atoms with Gasteiger partial charge in [0.2, 0.25) is 0 Å². The molecule has 0 atom stereocenters. The number of nitrogens with zero attached hydrogens (tertiary/aromatic N) is 1. The Morgan fingerprint density at radius 3 is 2.46 bits per heavy atom. The summed E-state index contributed by atoms with van der Waals surface area (Å²) in [5.41, 5.74) is 2.66. The highest BCUT2D eigenvalue weighted by atomic mass is 127. The maximum Gasteiger partial charge on any atom is 0.251 e. The molecule has 0 fully saturated rings. The Bertz CT molecular complexity index is 752. The Morgan fingerprint density at radius 2 is 1.77 bits per heavy atom. The van der Waals surface area contributed by atoms with Gasteiger partial charge in [0, 0.05) is 37.3 Å². The van der Waals surface area contributed by atoms with E-state index in [2.05, 4.69) is 20.9 Å². The van der Waals surface area contributed by atoms with Crippen molar-refractivity contribution in [3.05, 3.63) is 70.2 Å². The minimum atomic E-state index is -0.0643. The van der Waals surface area contributed by atoms with Gasteiger partial charge in [-0.05, 0) is 36.2 Å². The van der Waals surface area contributed by atoms with E-state index in [0.717, 1.165) is 16.1 Å². The van der Waals surface area contributed by atoms with Crippen molar-refractivity contribution in [1.29, 1.82) is 0 Å². The van der Waals surface area contributed by atoms with E-state index in [4.69, 9.17) is 11.6 Å². The molecular weight excluding hydrogens is 463 g/mol. The smallest absolute Gasteiger partial charge is 0.251 e. The van der Waals surface area contributed by atoms with Crippen LogP contribution in [0.3, 0.4) is 0 Å². The van der Waals surface area contributed by atoms with Crippen molar-refractivity contribution in [3.8, 4) is 0 Å². The van der Waals surface area contributed by atoms with Crippen molar-refractivity contribution in [2.24, 2.45) is 4.99 Å². The van der Waals surface area contributed by atoms with Gasteiger partial charge in [-0.1, -0.05) is 41.9 Å². The van der Waals surface area contributed by atoms with Crippen LogP contribution in [0.15, 0.2) is 53.5 Å². The fourth-order valence-electron chi connectivity index (χ4n) is 2.31. The molecule has 0 aliphatic carbocycles. The number of carbonyl (C=O) groups is 1. The molecule has 0 aromatic heterocycles. The van der Waals surface area contributed by atoms with Gasteiger partial charge in [0.05, 0.1) is 0 Å². The maximum absolute atomic E-state index is 11.9. The molecule has 0 aliphatic heterocycles. The number of benzene rings is 2. The molecule has 26 heavy (non-hydrogen) atoms. The van der Waals surface area contributed by atoms with Crippen LogP contribution >= 0.6 is 35.6 Å². The van der Waals surface area contributed by atoms with E-state index in [1.807, 2.05) is 49.4 Å². The zero-order valence-electron chi connectivity index (χ0n) is 14.9. The summed E-state index contributed by atoms with van der Waals surface area (Å²) in [7, 11) is 1.72. The number of nitrogens with one attached hydrogen (secondary N) is 3. The van der Waals surface area contributed by atoms with Crippen LogP contribution in [-0.2, 0) is 13.1 Å². The van der Waals surface area contributed by atoms with Crippen molar-refractivity contribution < 1.29 is 4.79 Å². The lowest BCUT2D eigenvalue weighted by atomic mass is 10.1. The number of hydrogen-bond acceptors (Lipinski definition) is 2. The Morgan fingerprint density at radius 1 is 1.04 bits per heavy atom. The number of halogens is 2. The SMILES string of the molecule is CCNC(=O)c1cccc(CNC(=NC)NCc2ccccc2Cl)c1.I. The topological polar surface area (TPSA) is 65.5 Å². The number of amides is 1. The normalized spacial score (nSPS) is 10.7. The number of guanidine groups is 1. The average Bonchev–Trinajstić information content (AvgIpc) is 2.63. The monoisotopic (exact) mass is 486 g/mol. The van der Waals surface area contributed by atoms with Crippen molar-refractivity contribution in [1.82, 2.24) is 16.0 Å². The molecule has 2 aromatic rings. The van der Waals surface area contributed by atoms with Gasteiger partial charge in [0.15, 0.2) is 5.96 Å². The lowest BCUT2D eigenvalue weighted by Crippen LogP contribution is -2.36. The zero-order valence-corrected chi connectivity index (χ0v) is 18.0. The Balaban J connectivity index is 0.00000338. The van der Waals surface area contributed by atoms with Gasteiger partial charge in [-0.25, -0.2) is 0 Å². The van der Waals surface area contributed by atoms with Crippen LogP contribution in [0.2, 0.25) is 5.02 Å². The third kappa shape index (κ3) is 6.84. The summed E-state index contributed by atoms with van der Waals surface area (Å²) in [5.74, 6) is 0.605. The van der Waals surface area contributed by atoms with Gasteiger partial charge in [-0.15, -0.1) is 24.0 Å². The second-order valence-corrected chi connectivity index (χ2v) is 5.84. The number of carbonyl (C=O) groups excluding carboxylic acids is 1. The second-order valence-electron chi connectivity index (χ2n) is 5.43. The average molecular weight is 487 g/mol. The summed E-state index contributed by atoms with van der Waals surface area (Å²) in [4.78, 5) is 16.1. The molecule has 1 amide bonds. The molecule has 7 heteroatoms. The van der Waals surface area contributed by atoms with Crippen LogP contribution in [0, 0.1) is 0 Å². The standard InChI is InChI=1S/C19H23ClN4O.HI/c1-3-22-18(25)15-9-6-7-14(11-15)12-23-19(21-2)24-13-16-8-4-5-10-17(16)20;/h4-11H,3,12-13H2,1-2H3,(H,22,25)(H2,21,23,24);1H. The first-order valence-electron chi connectivity index (χ1n) is 8.19. The molecular formula is C19H24ClIN4O. The van der Waals surface area contributed by atoms with Gasteiger partial charge >= 0.3 is 0 Å². The van der Waals surface area contributed by atoms with Crippen molar-refractivity contribution >= 4 is 47.4 Å². The lowest BCUT2D eigenvalue weighted by molar-refractivity contribution is 0.0955. The van der Waals surface area contributed by atoms with Gasteiger partial charge in [0.25, 0.3) is 5.91 Å². The summed E-state index contributed by atoms with van der Waals surface area (Å²) < 4.78 is 0. The van der Waals surface area contributed by atoms with Crippen molar-refractivity contribution in [3.63, 3.8) is 0 Å². The minimum absolute atomic E-state index is 0. The zero-order chi connectivity index (χ0) is 18.1. The van der Waals surface area contributed by atoms with Crippen LogP contribution in [-0.4, -0.2) is 25.5 Å². The van der Waals surface area contributed by atoms with Gasteiger partial charge in [-0.2, -0.15) is 0 Å². The van der Waals surface area contributed by atoms with Crippen LogP contribution in [0.5, 0.6) is 0 Å². The molecule has 0 heterocycles. The summed E-state index contributed by atoms with van der Waals surface area (Å²) >= 11 is 6.16. The van der Waals surface area contributed by atoms with Gasteiger partial charge in [-0.3, -0.25) is 9.79 Å². The highest BCUT2D eigenvalue weighted by Gasteiger charge is 2.06. The van der Waals surface area contributed by atoms with Crippen LogP contribution in [0.4, 0.5) is 0 Å². The molecule has 2 rings (SSSR count). The number of hydrogen-bond donors (Lipinski definition) is 3. The first-order chi connectivity index (χ1) is 12.1. The lowest BCUT2D eigenvalue weighted by Gasteiger charge is -2.13. The fraction of sp³-hybridized carbons (Fsp3) is 0.263. The van der Waals surface area contributed by atoms with Crippen molar-refractivity contribution in [2.75, 3.05) is 13.6 Å². The van der Waals surface area contributed by atoms with Crippen LogP contribution in [0.25, 0.3) is 0 Å². The van der Waals surface area contributed by atoms with Crippen LogP contribution < -0.4 is 16.0 Å². The Hall–Kier alpha value is -1.80. The summed E-state index contributed by atoms with van der Waals surface area (Å²) in [5, 5.41) is 9.99. The molecule has 0 spiro atoms. The molecule has 0 saturated heterocycles. The van der Waals surface area contributed by atoms with E-state index in [-0.39, 0.29) is 29.9 Å². The molecule has 0 aliphatic rings. The fourth-order valence-corrected chi connectivity index (χ4v) is 2.51.